The molecule has 5 nitrogen and oxygen atoms in total. The smallest absolute Gasteiger partial charge is 0.251 e. The lowest BCUT2D eigenvalue weighted by atomic mass is 10.0. The largest absolute Gasteiger partial charge is 0.373 e. The van der Waals surface area contributed by atoms with Crippen LogP contribution in [-0.4, -0.2) is 29.8 Å². The fourth-order valence-electron chi connectivity index (χ4n) is 3.35. The number of rotatable bonds is 5. The fraction of sp³-hybridized carbons (Fsp3) is 0.273. The Morgan fingerprint density at radius 1 is 1.04 bits per heavy atom. The molecule has 1 saturated heterocycles. The molecule has 0 aliphatic carbocycles. The number of nitrogens with zero attached hydrogens (tertiary/aromatic N) is 1. The zero-order valence-electron chi connectivity index (χ0n) is 15.3. The summed E-state index contributed by atoms with van der Waals surface area (Å²) in [6.07, 6.45) is 3.67. The third-order valence-electron chi connectivity index (χ3n) is 5.01. The Hall–Kier alpha value is -2.92. The maximum atomic E-state index is 12.4. The number of nitrogens with one attached hydrogen (secondary N) is 1. The summed E-state index contributed by atoms with van der Waals surface area (Å²) in [4.78, 5) is 12.4. The molecule has 4 rings (SSSR count). The van der Waals surface area contributed by atoms with Crippen molar-refractivity contribution in [2.24, 2.45) is 0 Å². The van der Waals surface area contributed by atoms with E-state index >= 15 is 0 Å². The molecular formula is C22H22N2O3. The molecule has 1 aliphatic rings. The second-order valence-corrected chi connectivity index (χ2v) is 7.12. The second kappa shape index (κ2) is 7.37. The van der Waals surface area contributed by atoms with E-state index in [4.69, 9.17) is 9.26 Å². The van der Waals surface area contributed by atoms with E-state index in [9.17, 15) is 4.79 Å². The van der Waals surface area contributed by atoms with Gasteiger partial charge in [-0.25, -0.2) is 0 Å². The van der Waals surface area contributed by atoms with Crippen LogP contribution < -0.4 is 5.32 Å². The van der Waals surface area contributed by atoms with Crippen molar-refractivity contribution < 1.29 is 14.1 Å². The van der Waals surface area contributed by atoms with Crippen LogP contribution in [0.4, 0.5) is 0 Å². The van der Waals surface area contributed by atoms with Crippen molar-refractivity contribution in [3.63, 3.8) is 0 Å². The van der Waals surface area contributed by atoms with Crippen LogP contribution >= 0.6 is 0 Å². The number of amides is 1. The molecule has 1 aromatic heterocycles. The highest BCUT2D eigenvalue weighted by Gasteiger charge is 2.30. The molecule has 1 atom stereocenters. The number of ether oxygens (including phenoxy) is 1. The summed E-state index contributed by atoms with van der Waals surface area (Å²) in [5.41, 5.74) is 3.54. The third-order valence-corrected chi connectivity index (χ3v) is 5.01. The van der Waals surface area contributed by atoms with Crippen molar-refractivity contribution in [2.75, 3.05) is 13.2 Å². The molecule has 1 aliphatic heterocycles. The number of benzene rings is 2. The van der Waals surface area contributed by atoms with Gasteiger partial charge in [-0.15, -0.1) is 0 Å². The maximum absolute atomic E-state index is 12.4. The minimum Gasteiger partial charge on any atom is -0.373 e. The van der Waals surface area contributed by atoms with Crippen LogP contribution in [-0.2, 0) is 4.74 Å². The van der Waals surface area contributed by atoms with Crippen LogP contribution in [0, 0.1) is 0 Å². The summed E-state index contributed by atoms with van der Waals surface area (Å²) in [6, 6.07) is 17.5. The van der Waals surface area contributed by atoms with Crippen LogP contribution in [0.5, 0.6) is 0 Å². The summed E-state index contributed by atoms with van der Waals surface area (Å²) in [5, 5.41) is 6.71. The molecule has 0 bridgehead atoms. The lowest BCUT2D eigenvalue weighted by Crippen LogP contribution is -2.40. The Kier molecular flexibility index (Phi) is 4.77. The Labute approximate surface area is 158 Å². The molecule has 1 N–H and O–H groups in total. The average molecular weight is 362 g/mol. The van der Waals surface area contributed by atoms with Crippen molar-refractivity contribution in [1.29, 1.82) is 0 Å². The second-order valence-electron chi connectivity index (χ2n) is 7.12. The van der Waals surface area contributed by atoms with Crippen LogP contribution in [0.15, 0.2) is 65.3 Å². The number of carbonyl (C=O) groups is 1. The van der Waals surface area contributed by atoms with E-state index in [1.165, 1.54) is 0 Å². The molecule has 0 radical (unpaired) electrons. The van der Waals surface area contributed by atoms with Gasteiger partial charge in [0.2, 0.25) is 0 Å². The maximum Gasteiger partial charge on any atom is 0.251 e. The lowest BCUT2D eigenvalue weighted by molar-refractivity contribution is 0.0206. The van der Waals surface area contributed by atoms with Gasteiger partial charge in [-0.1, -0.05) is 41.6 Å². The lowest BCUT2D eigenvalue weighted by Gasteiger charge is -2.23. The first kappa shape index (κ1) is 17.5. The topological polar surface area (TPSA) is 64.4 Å². The Morgan fingerprint density at radius 3 is 2.30 bits per heavy atom. The van der Waals surface area contributed by atoms with E-state index in [1.54, 1.807) is 6.20 Å². The summed E-state index contributed by atoms with van der Waals surface area (Å²) >= 11 is 0. The monoisotopic (exact) mass is 362 g/mol. The van der Waals surface area contributed by atoms with E-state index < -0.39 is 0 Å². The van der Waals surface area contributed by atoms with Gasteiger partial charge in [0.15, 0.2) is 5.76 Å². The first-order valence-corrected chi connectivity index (χ1v) is 9.17. The summed E-state index contributed by atoms with van der Waals surface area (Å²) < 4.78 is 10.9. The zero-order valence-corrected chi connectivity index (χ0v) is 15.3. The molecular weight excluding hydrogens is 340 g/mol. The van der Waals surface area contributed by atoms with Gasteiger partial charge in [0, 0.05) is 30.3 Å². The molecule has 2 heterocycles. The Bertz CT molecular complexity index is 894. The van der Waals surface area contributed by atoms with E-state index in [1.807, 2.05) is 61.5 Å². The van der Waals surface area contributed by atoms with Gasteiger partial charge >= 0.3 is 0 Å². The minimum absolute atomic E-state index is 0.0704. The fourth-order valence-corrected chi connectivity index (χ4v) is 3.35. The molecule has 3 aromatic rings. The van der Waals surface area contributed by atoms with Crippen LogP contribution in [0.25, 0.3) is 22.5 Å². The highest BCUT2D eigenvalue weighted by atomic mass is 16.5. The predicted octanol–water partition coefficient (Wildman–Crippen LogP) is 4.31. The van der Waals surface area contributed by atoms with Crippen molar-refractivity contribution in [2.45, 2.75) is 25.4 Å². The molecule has 138 valence electrons. The zero-order chi connectivity index (χ0) is 18.7. The predicted molar refractivity (Wildman–Crippen MR) is 103 cm³/mol. The van der Waals surface area contributed by atoms with Crippen molar-refractivity contribution in [3.8, 4) is 22.5 Å². The molecule has 0 spiro atoms. The third kappa shape index (κ3) is 3.93. The van der Waals surface area contributed by atoms with Crippen molar-refractivity contribution in [3.05, 3.63) is 66.4 Å². The van der Waals surface area contributed by atoms with Gasteiger partial charge < -0.3 is 14.6 Å². The molecule has 27 heavy (non-hydrogen) atoms. The molecule has 1 amide bonds. The number of hydrogen-bond acceptors (Lipinski definition) is 4. The van der Waals surface area contributed by atoms with Crippen molar-refractivity contribution >= 4 is 5.91 Å². The normalized spacial score (nSPS) is 19.1. The van der Waals surface area contributed by atoms with Crippen LogP contribution in [0.2, 0.25) is 0 Å². The summed E-state index contributed by atoms with van der Waals surface area (Å²) in [5.74, 6) is 0.674. The van der Waals surface area contributed by atoms with Crippen LogP contribution in [0.1, 0.15) is 30.1 Å². The van der Waals surface area contributed by atoms with Gasteiger partial charge in [-0.2, -0.15) is 0 Å². The molecule has 2 aromatic carbocycles. The van der Waals surface area contributed by atoms with E-state index in [-0.39, 0.29) is 11.5 Å². The molecule has 0 saturated carbocycles. The number of hydrogen-bond donors (Lipinski definition) is 1. The van der Waals surface area contributed by atoms with E-state index in [0.717, 1.165) is 41.9 Å². The SMILES string of the molecule is C[C@]1(CNC(=O)c2ccc(-c3ccc(-c4ccno4)cc3)cc2)CCCO1. The molecule has 0 unspecified atom stereocenters. The quantitative estimate of drug-likeness (QED) is 0.735. The van der Waals surface area contributed by atoms with Crippen molar-refractivity contribution in [1.82, 2.24) is 10.5 Å². The van der Waals surface area contributed by atoms with Gasteiger partial charge in [-0.3, -0.25) is 4.79 Å². The van der Waals surface area contributed by atoms with E-state index in [2.05, 4.69) is 10.5 Å². The molecule has 5 heteroatoms. The summed E-state index contributed by atoms with van der Waals surface area (Å²) in [7, 11) is 0. The van der Waals surface area contributed by atoms with Gasteiger partial charge in [0.25, 0.3) is 5.91 Å². The van der Waals surface area contributed by atoms with Gasteiger partial charge in [0.1, 0.15) is 0 Å². The summed E-state index contributed by atoms with van der Waals surface area (Å²) in [6.45, 7) is 3.36. The Balaban J connectivity index is 1.41. The first-order valence-electron chi connectivity index (χ1n) is 9.17. The number of aromatic nitrogens is 1. The molecule has 1 fully saturated rings. The highest BCUT2D eigenvalue weighted by molar-refractivity contribution is 5.94. The van der Waals surface area contributed by atoms with Gasteiger partial charge in [-0.05, 0) is 43.0 Å². The first-order chi connectivity index (χ1) is 13.1. The number of carbonyl (C=O) groups excluding carboxylic acids is 1. The van der Waals surface area contributed by atoms with E-state index in [0.29, 0.717) is 12.1 Å². The highest BCUT2D eigenvalue weighted by Crippen LogP contribution is 2.26. The Morgan fingerprint density at radius 2 is 1.70 bits per heavy atom. The standard InChI is InChI=1S/C22H22N2O3/c1-22(12-2-14-26-22)15-23-21(25)19-9-5-17(6-10-19)16-3-7-18(8-4-16)20-11-13-24-27-20/h3-11,13H,2,12,14-15H2,1H3,(H,23,25)/t22-/m1/s1. The van der Waals surface area contributed by atoms with Crippen LogP contribution in [0.3, 0.4) is 0 Å². The van der Waals surface area contributed by atoms with Gasteiger partial charge in [0.05, 0.1) is 11.8 Å². The minimum atomic E-state index is -0.235. The average Bonchev–Trinajstić information content (AvgIpc) is 3.39.